The molecule has 24 heavy (non-hydrogen) atoms. The van der Waals surface area contributed by atoms with Crippen LogP contribution in [0.3, 0.4) is 0 Å². The van der Waals surface area contributed by atoms with Crippen molar-refractivity contribution < 1.29 is 9.53 Å². The van der Waals surface area contributed by atoms with Gasteiger partial charge in [-0.05, 0) is 51.1 Å². The molecule has 0 atom stereocenters. The van der Waals surface area contributed by atoms with E-state index in [1.807, 2.05) is 12.1 Å². The van der Waals surface area contributed by atoms with E-state index in [1.165, 1.54) is 0 Å². The average molecular weight is 345 g/mol. The van der Waals surface area contributed by atoms with Crippen molar-refractivity contribution in [2.75, 3.05) is 5.32 Å². The van der Waals surface area contributed by atoms with Crippen LogP contribution in [0.15, 0.2) is 42.7 Å². The number of benzene rings is 1. The van der Waals surface area contributed by atoms with Crippen LogP contribution in [0.25, 0.3) is 16.6 Å². The smallest absolute Gasteiger partial charge is 0.413 e. The summed E-state index contributed by atoms with van der Waals surface area (Å²) in [6.45, 7) is 5.42. The third-order valence-electron chi connectivity index (χ3n) is 3.17. The van der Waals surface area contributed by atoms with Crippen molar-refractivity contribution in [2.24, 2.45) is 0 Å². The number of nitrogens with zero attached hydrogens (tertiary/aromatic N) is 3. The van der Waals surface area contributed by atoms with Crippen LogP contribution in [0.5, 0.6) is 0 Å². The molecule has 1 amide bonds. The van der Waals surface area contributed by atoms with Crippen LogP contribution in [0.2, 0.25) is 5.02 Å². The van der Waals surface area contributed by atoms with Gasteiger partial charge in [-0.2, -0.15) is 0 Å². The summed E-state index contributed by atoms with van der Waals surface area (Å²) in [6, 6.07) is 9.04. The molecule has 1 aromatic carbocycles. The monoisotopic (exact) mass is 344 g/mol. The molecule has 0 radical (unpaired) electrons. The van der Waals surface area contributed by atoms with E-state index in [1.54, 1.807) is 56.0 Å². The number of halogens is 1. The molecule has 0 saturated heterocycles. The van der Waals surface area contributed by atoms with E-state index in [0.29, 0.717) is 10.8 Å². The van der Waals surface area contributed by atoms with E-state index in [0.717, 1.165) is 16.6 Å². The summed E-state index contributed by atoms with van der Waals surface area (Å²) in [5, 5.41) is 8.59. The lowest BCUT2D eigenvalue weighted by molar-refractivity contribution is 0.0635. The fourth-order valence-electron chi connectivity index (χ4n) is 2.23. The maximum Gasteiger partial charge on any atom is 0.413 e. The van der Waals surface area contributed by atoms with E-state index in [2.05, 4.69) is 15.4 Å². The van der Waals surface area contributed by atoms with Crippen LogP contribution in [0.4, 0.5) is 10.6 Å². The minimum atomic E-state index is -0.583. The number of amides is 1. The van der Waals surface area contributed by atoms with Crippen LogP contribution in [0.1, 0.15) is 20.8 Å². The Bertz CT molecular complexity index is 882. The summed E-state index contributed by atoms with van der Waals surface area (Å²) in [4.78, 5) is 16.2. The van der Waals surface area contributed by atoms with Crippen molar-refractivity contribution >= 4 is 34.4 Å². The number of rotatable bonds is 2. The van der Waals surface area contributed by atoms with Crippen molar-refractivity contribution in [2.45, 2.75) is 26.4 Å². The molecule has 0 fully saturated rings. The van der Waals surface area contributed by atoms with Crippen molar-refractivity contribution in [1.82, 2.24) is 14.8 Å². The van der Waals surface area contributed by atoms with Crippen molar-refractivity contribution in [3.05, 3.63) is 47.7 Å². The quantitative estimate of drug-likeness (QED) is 0.747. The molecule has 0 aliphatic heterocycles. The zero-order valence-corrected chi connectivity index (χ0v) is 14.3. The van der Waals surface area contributed by atoms with Gasteiger partial charge in [0.2, 0.25) is 0 Å². The predicted octanol–water partition coefficient (Wildman–Crippen LogP) is 4.42. The summed E-state index contributed by atoms with van der Waals surface area (Å²) in [6.07, 6.45) is 2.79. The van der Waals surface area contributed by atoms with E-state index in [9.17, 15) is 4.79 Å². The van der Waals surface area contributed by atoms with Gasteiger partial charge < -0.3 is 4.74 Å². The summed E-state index contributed by atoms with van der Waals surface area (Å²) >= 11 is 5.94. The Labute approximate surface area is 144 Å². The Morgan fingerprint density at radius 3 is 2.58 bits per heavy atom. The first kappa shape index (κ1) is 16.3. The Hall–Kier alpha value is -2.60. The minimum absolute atomic E-state index is 0.414. The third kappa shape index (κ3) is 3.49. The van der Waals surface area contributed by atoms with Gasteiger partial charge in [0.25, 0.3) is 0 Å². The van der Waals surface area contributed by atoms with Crippen LogP contribution >= 0.6 is 11.6 Å². The van der Waals surface area contributed by atoms with Gasteiger partial charge in [0, 0.05) is 16.6 Å². The zero-order chi connectivity index (χ0) is 17.3. The molecule has 7 heteroatoms. The molecule has 0 spiro atoms. The van der Waals surface area contributed by atoms with E-state index >= 15 is 0 Å². The van der Waals surface area contributed by atoms with Gasteiger partial charge in [0.05, 0.1) is 17.4 Å². The second kappa shape index (κ2) is 6.13. The van der Waals surface area contributed by atoms with Gasteiger partial charge >= 0.3 is 6.09 Å². The third-order valence-corrected chi connectivity index (χ3v) is 3.43. The Morgan fingerprint density at radius 2 is 1.92 bits per heavy atom. The van der Waals surface area contributed by atoms with Crippen molar-refractivity contribution in [3.8, 4) is 5.69 Å². The van der Waals surface area contributed by atoms with Gasteiger partial charge in [0.1, 0.15) is 5.60 Å². The predicted molar refractivity (Wildman–Crippen MR) is 93.7 cm³/mol. The molecule has 3 rings (SSSR count). The SMILES string of the molecule is CC(C)(C)OC(=O)Nc1nn(-c2ccc(Cl)cc2)c2cnccc12. The van der Waals surface area contributed by atoms with Crippen LogP contribution in [0, 0.1) is 0 Å². The number of ether oxygens (including phenoxy) is 1. The second-order valence-electron chi connectivity index (χ2n) is 6.26. The molecular formula is C17H17ClN4O2. The number of aromatic nitrogens is 3. The summed E-state index contributed by atoms with van der Waals surface area (Å²) in [5.74, 6) is 0.414. The van der Waals surface area contributed by atoms with Crippen LogP contribution in [-0.4, -0.2) is 26.5 Å². The highest BCUT2D eigenvalue weighted by atomic mass is 35.5. The molecule has 0 aliphatic rings. The Kier molecular flexibility index (Phi) is 4.15. The lowest BCUT2D eigenvalue weighted by Gasteiger charge is -2.19. The lowest BCUT2D eigenvalue weighted by atomic mass is 10.2. The molecule has 0 bridgehead atoms. The van der Waals surface area contributed by atoms with E-state index < -0.39 is 11.7 Å². The molecule has 6 nitrogen and oxygen atoms in total. The number of pyridine rings is 1. The van der Waals surface area contributed by atoms with E-state index in [-0.39, 0.29) is 0 Å². The van der Waals surface area contributed by atoms with Gasteiger partial charge in [-0.1, -0.05) is 11.6 Å². The Morgan fingerprint density at radius 1 is 1.21 bits per heavy atom. The molecule has 2 heterocycles. The molecule has 124 valence electrons. The lowest BCUT2D eigenvalue weighted by Crippen LogP contribution is -2.27. The molecule has 2 aromatic heterocycles. The number of carbonyl (C=O) groups is 1. The summed E-state index contributed by atoms with van der Waals surface area (Å²) < 4.78 is 6.99. The molecular weight excluding hydrogens is 328 g/mol. The normalized spacial score (nSPS) is 11.5. The first-order chi connectivity index (χ1) is 11.3. The van der Waals surface area contributed by atoms with Crippen LogP contribution in [-0.2, 0) is 4.74 Å². The number of anilines is 1. The van der Waals surface area contributed by atoms with Gasteiger partial charge in [-0.25, -0.2) is 9.48 Å². The molecule has 1 N–H and O–H groups in total. The summed E-state index contributed by atoms with van der Waals surface area (Å²) in [7, 11) is 0. The second-order valence-corrected chi connectivity index (χ2v) is 6.69. The topological polar surface area (TPSA) is 69.0 Å². The molecule has 0 saturated carbocycles. The number of hydrogen-bond donors (Lipinski definition) is 1. The first-order valence-electron chi connectivity index (χ1n) is 7.42. The molecule has 0 aliphatic carbocycles. The minimum Gasteiger partial charge on any atom is -0.444 e. The van der Waals surface area contributed by atoms with Gasteiger partial charge in [-0.15, -0.1) is 5.10 Å². The number of fused-ring (bicyclic) bond motifs is 1. The maximum absolute atomic E-state index is 12.0. The Balaban J connectivity index is 2.01. The number of nitrogens with one attached hydrogen (secondary N) is 1. The highest BCUT2D eigenvalue weighted by molar-refractivity contribution is 6.30. The standard InChI is InChI=1S/C17H17ClN4O2/c1-17(2,3)24-16(23)20-15-13-8-9-19-10-14(13)22(21-15)12-6-4-11(18)5-7-12/h4-10H,1-3H3,(H,20,21,23). The highest BCUT2D eigenvalue weighted by Gasteiger charge is 2.19. The summed E-state index contributed by atoms with van der Waals surface area (Å²) in [5.41, 5.74) is 1.00. The molecule has 3 aromatic rings. The van der Waals surface area contributed by atoms with Gasteiger partial charge in [0.15, 0.2) is 5.82 Å². The van der Waals surface area contributed by atoms with Gasteiger partial charge in [-0.3, -0.25) is 10.3 Å². The fourth-order valence-corrected chi connectivity index (χ4v) is 2.36. The van der Waals surface area contributed by atoms with Crippen molar-refractivity contribution in [1.29, 1.82) is 0 Å². The average Bonchev–Trinajstić information content (AvgIpc) is 2.85. The fraction of sp³-hybridized carbons (Fsp3) is 0.235. The van der Waals surface area contributed by atoms with E-state index in [4.69, 9.17) is 16.3 Å². The largest absolute Gasteiger partial charge is 0.444 e. The zero-order valence-electron chi connectivity index (χ0n) is 13.6. The van der Waals surface area contributed by atoms with Crippen LogP contribution < -0.4 is 5.32 Å². The number of carbonyl (C=O) groups excluding carboxylic acids is 1. The highest BCUT2D eigenvalue weighted by Crippen LogP contribution is 2.26. The maximum atomic E-state index is 12.0. The number of hydrogen-bond acceptors (Lipinski definition) is 4. The van der Waals surface area contributed by atoms with Crippen molar-refractivity contribution in [3.63, 3.8) is 0 Å². The molecule has 0 unspecified atom stereocenters. The first-order valence-corrected chi connectivity index (χ1v) is 7.80.